The molecule has 2 amide bonds. The number of carbonyl (C=O) groups is 2. The van der Waals surface area contributed by atoms with Crippen molar-refractivity contribution in [3.8, 4) is 0 Å². The lowest BCUT2D eigenvalue weighted by molar-refractivity contribution is -0.125. The van der Waals surface area contributed by atoms with Gasteiger partial charge in [-0.25, -0.2) is 13.2 Å². The average Bonchev–Trinajstić information content (AvgIpc) is 2.87. The number of sulfonamides is 1. The molecule has 0 aliphatic heterocycles. The van der Waals surface area contributed by atoms with Crippen molar-refractivity contribution in [1.29, 1.82) is 0 Å². The average molecular weight is 563 g/mol. The minimum Gasteiger partial charge on any atom is -0.465 e. The predicted molar refractivity (Wildman–Crippen MR) is 147 cm³/mol. The molecule has 0 aromatic heterocycles. The van der Waals surface area contributed by atoms with Gasteiger partial charge in [-0.05, 0) is 41.5 Å². The van der Waals surface area contributed by atoms with Crippen LogP contribution in [0.15, 0.2) is 64.6 Å². The minimum atomic E-state index is -4.04. The Morgan fingerprint density at radius 2 is 1.59 bits per heavy atom. The van der Waals surface area contributed by atoms with Gasteiger partial charge in [0.05, 0.1) is 23.3 Å². The van der Waals surface area contributed by atoms with E-state index in [1.54, 1.807) is 13.8 Å². The summed E-state index contributed by atoms with van der Waals surface area (Å²) in [5.41, 5.74) is 1.31. The summed E-state index contributed by atoms with van der Waals surface area (Å²) >= 11 is 0. The number of aliphatic hydroxyl groups excluding tert-OH is 1. The number of nitrogens with zero attached hydrogens (tertiary/aromatic N) is 2. The Hall–Kier alpha value is -3.48. The van der Waals surface area contributed by atoms with Crippen LogP contribution in [0.25, 0.3) is 0 Å². The number of hydrogen-bond acceptors (Lipinski definition) is 7. The number of hydrogen-bond donors (Lipinski definition) is 5. The molecule has 12 heteroatoms. The zero-order valence-corrected chi connectivity index (χ0v) is 23.4. The molecule has 2 aromatic rings. The van der Waals surface area contributed by atoms with Crippen molar-refractivity contribution in [3.63, 3.8) is 0 Å². The van der Waals surface area contributed by atoms with Crippen LogP contribution in [-0.4, -0.2) is 77.6 Å². The number of carbonyl (C=O) groups excluding carboxylic acids is 1. The van der Waals surface area contributed by atoms with Gasteiger partial charge in [-0.1, -0.05) is 75.3 Å². The lowest BCUT2D eigenvalue weighted by atomic mass is 9.98. The van der Waals surface area contributed by atoms with Crippen molar-refractivity contribution in [1.82, 2.24) is 14.9 Å². The molecule has 0 fully saturated rings. The van der Waals surface area contributed by atoms with Gasteiger partial charge in [-0.15, -0.1) is 0 Å². The largest absolute Gasteiger partial charge is 0.465 e. The van der Waals surface area contributed by atoms with Crippen LogP contribution in [0.5, 0.6) is 0 Å². The van der Waals surface area contributed by atoms with Gasteiger partial charge in [0, 0.05) is 13.1 Å². The van der Waals surface area contributed by atoms with Crippen molar-refractivity contribution in [2.45, 2.75) is 57.2 Å². The van der Waals surface area contributed by atoms with E-state index in [1.165, 1.54) is 34.8 Å². The van der Waals surface area contributed by atoms with E-state index in [0.29, 0.717) is 5.56 Å². The summed E-state index contributed by atoms with van der Waals surface area (Å²) in [6.45, 7) is 6.89. The Balaban J connectivity index is 2.37. The summed E-state index contributed by atoms with van der Waals surface area (Å²) in [6, 6.07) is 12.9. The molecule has 3 atom stereocenters. The third-order valence-electron chi connectivity index (χ3n) is 6.00. The van der Waals surface area contributed by atoms with Crippen LogP contribution in [-0.2, 0) is 21.2 Å². The van der Waals surface area contributed by atoms with Crippen molar-refractivity contribution in [2.75, 3.05) is 13.1 Å². The van der Waals surface area contributed by atoms with Gasteiger partial charge in [0.2, 0.25) is 15.9 Å². The van der Waals surface area contributed by atoms with Gasteiger partial charge >= 0.3 is 6.09 Å². The molecule has 2 rings (SSSR count). The fraction of sp³-hybridized carbons (Fsp3) is 0.444. The van der Waals surface area contributed by atoms with E-state index in [2.05, 4.69) is 15.8 Å². The van der Waals surface area contributed by atoms with Gasteiger partial charge in [0.1, 0.15) is 6.04 Å². The van der Waals surface area contributed by atoms with E-state index >= 15 is 0 Å². The maximum atomic E-state index is 13.6. The number of oxime groups is 1. The van der Waals surface area contributed by atoms with E-state index in [0.717, 1.165) is 5.56 Å². The molecule has 11 nitrogen and oxygen atoms in total. The number of carboxylic acid groups (broad SMARTS) is 1. The third-order valence-corrected chi connectivity index (χ3v) is 7.85. The van der Waals surface area contributed by atoms with Crippen molar-refractivity contribution in [2.24, 2.45) is 17.0 Å². The fourth-order valence-corrected chi connectivity index (χ4v) is 5.67. The van der Waals surface area contributed by atoms with Crippen LogP contribution in [0.4, 0.5) is 4.79 Å². The van der Waals surface area contributed by atoms with E-state index < -0.39 is 40.2 Å². The summed E-state index contributed by atoms with van der Waals surface area (Å²) in [5, 5.41) is 37.1. The summed E-state index contributed by atoms with van der Waals surface area (Å²) in [7, 11) is -4.04. The van der Waals surface area contributed by atoms with Crippen molar-refractivity contribution < 1.29 is 33.4 Å². The van der Waals surface area contributed by atoms with Crippen LogP contribution in [0.3, 0.4) is 0 Å². The molecular formula is C27H38N4O7S. The minimum absolute atomic E-state index is 0.000357. The highest BCUT2D eigenvalue weighted by atomic mass is 32.2. The second-order valence-electron chi connectivity index (χ2n) is 10.1. The predicted octanol–water partition coefficient (Wildman–Crippen LogP) is 2.52. The van der Waals surface area contributed by atoms with Crippen LogP contribution >= 0.6 is 0 Å². The number of nitrogens with one attached hydrogen (secondary N) is 2. The lowest BCUT2D eigenvalue weighted by Crippen LogP contribution is -2.56. The quantitative estimate of drug-likeness (QED) is 0.134. The number of aliphatic hydroxyl groups is 1. The molecule has 2 aromatic carbocycles. The molecule has 214 valence electrons. The SMILES string of the molecule is CC(C)CN(C[C@@H](O)[C@H](Cc1ccccc1)NC(=O)[C@@H](NC(=O)O)C(C)C)S(=O)(=O)c1ccc(C=NO)cc1. The molecule has 0 spiro atoms. The van der Waals surface area contributed by atoms with Gasteiger partial charge in [-0.3, -0.25) is 4.79 Å². The molecule has 0 bridgehead atoms. The second-order valence-corrected chi connectivity index (χ2v) is 12.0. The van der Waals surface area contributed by atoms with Gasteiger partial charge in [0.15, 0.2) is 0 Å². The summed E-state index contributed by atoms with van der Waals surface area (Å²) in [4.78, 5) is 24.3. The maximum absolute atomic E-state index is 13.6. The first kappa shape index (κ1) is 31.7. The van der Waals surface area contributed by atoms with Crippen LogP contribution in [0.1, 0.15) is 38.8 Å². The van der Waals surface area contributed by atoms with E-state index in [4.69, 9.17) is 5.21 Å². The molecule has 0 saturated heterocycles. The van der Waals surface area contributed by atoms with E-state index in [9.17, 15) is 28.2 Å². The monoisotopic (exact) mass is 562 g/mol. The van der Waals surface area contributed by atoms with E-state index in [1.807, 2.05) is 44.2 Å². The first-order valence-electron chi connectivity index (χ1n) is 12.6. The summed E-state index contributed by atoms with van der Waals surface area (Å²) < 4.78 is 28.3. The standard InChI is InChI=1S/C27H38N4O7S/c1-18(2)16-31(39(37,38)22-12-10-21(11-13-22)15-28-36)17-24(32)23(14-20-8-6-5-7-9-20)29-26(33)25(19(3)4)30-27(34)35/h5-13,15,18-19,23-25,30,32,36H,14,16-17H2,1-4H3,(H,29,33)(H,34,35)/t23-,24+,25-/m0/s1. The van der Waals surface area contributed by atoms with Gasteiger partial charge < -0.3 is 26.1 Å². The molecule has 0 unspecified atom stereocenters. The number of benzene rings is 2. The molecule has 0 aliphatic carbocycles. The summed E-state index contributed by atoms with van der Waals surface area (Å²) in [5.74, 6) is -1.06. The Labute approximate surface area is 229 Å². The summed E-state index contributed by atoms with van der Waals surface area (Å²) in [6.07, 6.45) is -1.31. The Bertz CT molecular complexity index is 1200. The molecule has 0 saturated carbocycles. The Morgan fingerprint density at radius 3 is 2.10 bits per heavy atom. The number of rotatable bonds is 14. The first-order chi connectivity index (χ1) is 18.3. The molecule has 5 N–H and O–H groups in total. The molecular weight excluding hydrogens is 524 g/mol. The maximum Gasteiger partial charge on any atom is 0.405 e. The van der Waals surface area contributed by atoms with Crippen LogP contribution in [0, 0.1) is 11.8 Å². The smallest absolute Gasteiger partial charge is 0.405 e. The normalized spacial score (nSPS) is 14.5. The van der Waals surface area contributed by atoms with Crippen LogP contribution < -0.4 is 10.6 Å². The topological polar surface area (TPSA) is 169 Å². The van der Waals surface area contributed by atoms with Crippen molar-refractivity contribution in [3.05, 3.63) is 65.7 Å². The zero-order chi connectivity index (χ0) is 29.2. The third kappa shape index (κ3) is 9.65. The molecule has 0 radical (unpaired) electrons. The Morgan fingerprint density at radius 1 is 0.974 bits per heavy atom. The lowest BCUT2D eigenvalue weighted by Gasteiger charge is -2.32. The van der Waals surface area contributed by atoms with Gasteiger partial charge in [0.25, 0.3) is 0 Å². The van der Waals surface area contributed by atoms with Gasteiger partial charge in [-0.2, -0.15) is 4.31 Å². The van der Waals surface area contributed by atoms with Crippen molar-refractivity contribution >= 4 is 28.2 Å². The first-order valence-corrected chi connectivity index (χ1v) is 14.1. The zero-order valence-electron chi connectivity index (χ0n) is 22.6. The highest BCUT2D eigenvalue weighted by molar-refractivity contribution is 7.89. The molecule has 39 heavy (non-hydrogen) atoms. The second kappa shape index (κ2) is 14.6. The highest BCUT2D eigenvalue weighted by Crippen LogP contribution is 2.20. The van der Waals surface area contributed by atoms with Crippen LogP contribution in [0.2, 0.25) is 0 Å². The molecule has 0 heterocycles. The Kier molecular flexibility index (Phi) is 11.9. The number of amides is 2. The van der Waals surface area contributed by atoms with E-state index in [-0.39, 0.29) is 36.2 Å². The molecule has 0 aliphatic rings. The highest BCUT2D eigenvalue weighted by Gasteiger charge is 2.33. The fourth-order valence-electron chi connectivity index (χ4n) is 4.05.